The van der Waals surface area contributed by atoms with E-state index in [2.05, 4.69) is 5.32 Å². The lowest BCUT2D eigenvalue weighted by atomic mass is 9.96. The number of carbonyl (C=O) groups excluding carboxylic acids is 3. The number of rotatable bonds is 5. The van der Waals surface area contributed by atoms with Crippen LogP contribution in [0.25, 0.3) is 0 Å². The molecule has 26 heavy (non-hydrogen) atoms. The number of alkyl carbamates (subject to hydrolysis) is 1. The van der Waals surface area contributed by atoms with Crippen LogP contribution < -0.4 is 5.32 Å². The zero-order chi connectivity index (χ0) is 19.5. The zero-order valence-corrected chi connectivity index (χ0v) is 15.9. The number of ether oxygens (including phenoxy) is 2. The Kier molecular flexibility index (Phi) is 5.90. The molecule has 1 atom stereocenters. The number of methoxy groups -OCH3 is 1. The molecular weight excluding hydrogens is 336 g/mol. The smallest absolute Gasteiger partial charge is 0.407 e. The van der Waals surface area contributed by atoms with Crippen molar-refractivity contribution in [3.05, 3.63) is 34.9 Å². The number of nitrogens with one attached hydrogen (secondary N) is 1. The summed E-state index contributed by atoms with van der Waals surface area (Å²) in [7, 11) is 3.05. The summed E-state index contributed by atoms with van der Waals surface area (Å²) in [5, 5.41) is 2.74. The maximum absolute atomic E-state index is 12.2. The molecule has 1 aliphatic rings. The number of hydrogen-bond donors (Lipinski definition) is 1. The number of benzene rings is 1. The Morgan fingerprint density at radius 1 is 1.31 bits per heavy atom. The normalized spacial score (nSPS) is 14.7. The van der Waals surface area contributed by atoms with Gasteiger partial charge < -0.3 is 19.7 Å². The number of carbonyl (C=O) groups is 3. The monoisotopic (exact) mass is 362 g/mol. The van der Waals surface area contributed by atoms with Gasteiger partial charge in [-0.15, -0.1) is 0 Å². The van der Waals surface area contributed by atoms with E-state index >= 15 is 0 Å². The van der Waals surface area contributed by atoms with Crippen LogP contribution in [0.3, 0.4) is 0 Å². The van der Waals surface area contributed by atoms with Gasteiger partial charge in [0, 0.05) is 25.2 Å². The number of fused-ring (bicyclic) bond motifs is 1. The highest BCUT2D eigenvalue weighted by molar-refractivity contribution is 5.98. The molecule has 0 fully saturated rings. The first kappa shape index (κ1) is 19.8. The van der Waals surface area contributed by atoms with E-state index in [-0.39, 0.29) is 12.3 Å². The quantitative estimate of drug-likeness (QED) is 0.812. The fraction of sp³-hybridized carbons (Fsp3) is 0.526. The van der Waals surface area contributed by atoms with Crippen molar-refractivity contribution in [2.24, 2.45) is 0 Å². The standard InChI is InChI=1S/C19H26N2O5/c1-19(2,3)26-18(24)20-13(10-16(22)25-5)9-12-7-6-8-14-15(12)11-21(4)17(14)23/h6-8,13H,9-11H2,1-5H3,(H,20,24)/t13-/m1/s1. The molecule has 1 aliphatic heterocycles. The van der Waals surface area contributed by atoms with Gasteiger partial charge in [-0.05, 0) is 44.4 Å². The summed E-state index contributed by atoms with van der Waals surface area (Å²) >= 11 is 0. The van der Waals surface area contributed by atoms with E-state index in [9.17, 15) is 14.4 Å². The Labute approximate surface area is 153 Å². The first-order valence-corrected chi connectivity index (χ1v) is 8.53. The first-order chi connectivity index (χ1) is 12.1. The van der Waals surface area contributed by atoms with Gasteiger partial charge in [-0.25, -0.2) is 4.79 Å². The van der Waals surface area contributed by atoms with Crippen LogP contribution in [-0.2, 0) is 27.2 Å². The number of amides is 2. The van der Waals surface area contributed by atoms with E-state index < -0.39 is 23.7 Å². The van der Waals surface area contributed by atoms with Crippen LogP contribution in [-0.4, -0.2) is 48.7 Å². The molecule has 7 heteroatoms. The third-order valence-electron chi connectivity index (χ3n) is 4.07. The Balaban J connectivity index is 2.19. The van der Waals surface area contributed by atoms with Crippen molar-refractivity contribution < 1.29 is 23.9 Å². The molecule has 2 amide bonds. The summed E-state index contributed by atoms with van der Waals surface area (Å²) in [6, 6.07) is 5.02. The predicted octanol–water partition coefficient (Wildman–Crippen LogP) is 2.27. The third-order valence-corrected chi connectivity index (χ3v) is 4.07. The lowest BCUT2D eigenvalue weighted by Gasteiger charge is -2.23. The number of esters is 1. The van der Waals surface area contributed by atoms with Crippen LogP contribution in [0.1, 0.15) is 48.7 Å². The van der Waals surface area contributed by atoms with Crippen LogP contribution >= 0.6 is 0 Å². The second-order valence-corrected chi connectivity index (χ2v) is 7.43. The molecule has 1 aromatic rings. The lowest BCUT2D eigenvalue weighted by Crippen LogP contribution is -2.41. The maximum Gasteiger partial charge on any atom is 0.407 e. The highest BCUT2D eigenvalue weighted by Crippen LogP contribution is 2.26. The van der Waals surface area contributed by atoms with Crippen LogP contribution in [0.5, 0.6) is 0 Å². The van der Waals surface area contributed by atoms with Crippen molar-refractivity contribution in [3.8, 4) is 0 Å². The Morgan fingerprint density at radius 3 is 2.62 bits per heavy atom. The van der Waals surface area contributed by atoms with Crippen LogP contribution in [0.2, 0.25) is 0 Å². The van der Waals surface area contributed by atoms with Gasteiger partial charge in [0.15, 0.2) is 0 Å². The largest absolute Gasteiger partial charge is 0.469 e. The van der Waals surface area contributed by atoms with E-state index in [1.54, 1.807) is 38.8 Å². The average Bonchev–Trinajstić information content (AvgIpc) is 2.81. The minimum atomic E-state index is -0.636. The topological polar surface area (TPSA) is 84.9 Å². The molecule has 0 saturated heterocycles. The minimum absolute atomic E-state index is 0.0171. The predicted molar refractivity (Wildman–Crippen MR) is 95.7 cm³/mol. The van der Waals surface area contributed by atoms with E-state index in [1.807, 2.05) is 12.1 Å². The molecule has 0 unspecified atom stereocenters. The molecule has 1 N–H and O–H groups in total. The maximum atomic E-state index is 12.2. The van der Waals surface area contributed by atoms with Gasteiger partial charge in [0.1, 0.15) is 5.60 Å². The zero-order valence-electron chi connectivity index (χ0n) is 15.9. The van der Waals surface area contributed by atoms with Gasteiger partial charge in [0.2, 0.25) is 0 Å². The fourth-order valence-corrected chi connectivity index (χ4v) is 2.93. The van der Waals surface area contributed by atoms with E-state index in [0.717, 1.165) is 11.1 Å². The summed E-state index contributed by atoms with van der Waals surface area (Å²) in [5.41, 5.74) is 1.88. The van der Waals surface area contributed by atoms with Gasteiger partial charge in [0.05, 0.1) is 13.5 Å². The molecule has 0 bridgehead atoms. The van der Waals surface area contributed by atoms with Crippen molar-refractivity contribution in [1.82, 2.24) is 10.2 Å². The summed E-state index contributed by atoms with van der Waals surface area (Å²) in [5.74, 6) is -0.446. The van der Waals surface area contributed by atoms with E-state index in [1.165, 1.54) is 7.11 Å². The number of hydrogen-bond acceptors (Lipinski definition) is 5. The molecule has 0 saturated carbocycles. The van der Waals surface area contributed by atoms with Gasteiger partial charge >= 0.3 is 12.1 Å². The van der Waals surface area contributed by atoms with Crippen LogP contribution in [0.4, 0.5) is 4.79 Å². The van der Waals surface area contributed by atoms with Crippen molar-refractivity contribution in [2.75, 3.05) is 14.2 Å². The summed E-state index contributed by atoms with van der Waals surface area (Å²) in [4.78, 5) is 37.7. The molecule has 7 nitrogen and oxygen atoms in total. The molecule has 1 heterocycles. The average molecular weight is 362 g/mol. The highest BCUT2D eigenvalue weighted by Gasteiger charge is 2.28. The fourth-order valence-electron chi connectivity index (χ4n) is 2.93. The second-order valence-electron chi connectivity index (χ2n) is 7.43. The summed E-state index contributed by atoms with van der Waals surface area (Å²) in [6.07, 6.45) is -0.172. The lowest BCUT2D eigenvalue weighted by molar-refractivity contribution is -0.141. The van der Waals surface area contributed by atoms with Crippen molar-refractivity contribution in [1.29, 1.82) is 0 Å². The molecule has 1 aromatic carbocycles. The van der Waals surface area contributed by atoms with E-state index in [0.29, 0.717) is 18.5 Å². The third kappa shape index (κ3) is 4.97. The van der Waals surface area contributed by atoms with Crippen LogP contribution in [0.15, 0.2) is 18.2 Å². The number of nitrogens with zero attached hydrogens (tertiary/aromatic N) is 1. The minimum Gasteiger partial charge on any atom is -0.469 e. The Bertz CT molecular complexity index is 708. The second kappa shape index (κ2) is 7.76. The molecule has 0 spiro atoms. The molecule has 2 rings (SSSR count). The highest BCUT2D eigenvalue weighted by atomic mass is 16.6. The Hall–Kier alpha value is -2.57. The molecule has 0 aliphatic carbocycles. The summed E-state index contributed by atoms with van der Waals surface area (Å²) in [6.45, 7) is 5.83. The van der Waals surface area contributed by atoms with Gasteiger partial charge in [-0.1, -0.05) is 12.1 Å². The molecule has 0 radical (unpaired) electrons. The van der Waals surface area contributed by atoms with Crippen molar-refractivity contribution in [3.63, 3.8) is 0 Å². The van der Waals surface area contributed by atoms with Crippen molar-refractivity contribution >= 4 is 18.0 Å². The molecule has 142 valence electrons. The van der Waals surface area contributed by atoms with Gasteiger partial charge in [-0.2, -0.15) is 0 Å². The Morgan fingerprint density at radius 2 is 2.00 bits per heavy atom. The van der Waals surface area contributed by atoms with Crippen LogP contribution in [0, 0.1) is 0 Å². The first-order valence-electron chi connectivity index (χ1n) is 8.53. The molecule has 0 aromatic heterocycles. The van der Waals surface area contributed by atoms with Gasteiger partial charge in [0.25, 0.3) is 5.91 Å². The molecular formula is C19H26N2O5. The SMILES string of the molecule is COC(=O)C[C@@H](Cc1cccc2c1CN(C)C2=O)NC(=O)OC(C)(C)C. The van der Waals surface area contributed by atoms with Crippen molar-refractivity contribution in [2.45, 2.75) is 51.8 Å². The van der Waals surface area contributed by atoms with E-state index in [4.69, 9.17) is 9.47 Å². The summed E-state index contributed by atoms with van der Waals surface area (Å²) < 4.78 is 10.0. The van der Waals surface area contributed by atoms with Gasteiger partial charge in [-0.3, -0.25) is 9.59 Å².